The molecule has 1 N–H and O–H groups in total. The molecule has 0 saturated carbocycles. The summed E-state index contributed by atoms with van der Waals surface area (Å²) in [5.41, 5.74) is 0. The number of unbranched alkanes of at least 4 members (excludes halogenated alkanes) is 7. The van der Waals surface area contributed by atoms with Gasteiger partial charge in [0.2, 0.25) is 0 Å². The Labute approximate surface area is 90.1 Å². The molecule has 0 heterocycles. The smallest absolute Gasteiger partial charge is 0.395 e. The zero-order valence-corrected chi connectivity index (χ0v) is 9.85. The second kappa shape index (κ2) is 13.0. The molecule has 0 aliphatic carbocycles. The Morgan fingerprint density at radius 3 is 2.07 bits per heavy atom. The summed E-state index contributed by atoms with van der Waals surface area (Å²) in [6.45, 7) is 3.31. The Morgan fingerprint density at radius 1 is 0.929 bits per heavy atom. The van der Waals surface area contributed by atoms with Crippen LogP contribution >= 0.6 is 0 Å². The van der Waals surface area contributed by atoms with Crippen molar-refractivity contribution in [2.45, 2.75) is 58.3 Å². The molecule has 0 aromatic heterocycles. The molecule has 14 heavy (non-hydrogen) atoms. The van der Waals surface area contributed by atoms with E-state index in [-0.39, 0.29) is 0 Å². The Hall–Kier alpha value is -0.0151. The van der Waals surface area contributed by atoms with Gasteiger partial charge < -0.3 is 9.88 Å². The van der Waals surface area contributed by atoms with Crippen molar-refractivity contribution in [3.05, 3.63) is 0 Å². The number of rotatable bonds is 11. The zero-order valence-electron chi connectivity index (χ0n) is 9.85. The molecule has 0 aromatic rings. The summed E-state index contributed by atoms with van der Waals surface area (Å²) in [7, 11) is 3.32. The summed E-state index contributed by atoms with van der Waals surface area (Å²) in [4.78, 5) is 0. The van der Waals surface area contributed by atoms with Crippen LogP contribution in [0, 0.1) is 0 Å². The van der Waals surface area contributed by atoms with Crippen molar-refractivity contribution in [2.75, 3.05) is 13.7 Å². The Bertz CT molecular complexity index is 89.3. The van der Waals surface area contributed by atoms with Gasteiger partial charge in [-0.15, -0.1) is 0 Å². The van der Waals surface area contributed by atoms with Crippen molar-refractivity contribution in [1.29, 1.82) is 0 Å². The summed E-state index contributed by atoms with van der Waals surface area (Å²) >= 11 is 0. The second-order valence-corrected chi connectivity index (χ2v) is 3.78. The lowest BCUT2D eigenvalue weighted by Gasteiger charge is -2.02. The van der Waals surface area contributed by atoms with Crippen LogP contribution in [0.2, 0.25) is 0 Å². The summed E-state index contributed by atoms with van der Waals surface area (Å²) in [5.74, 6) is 0. The van der Waals surface area contributed by atoms with Gasteiger partial charge in [0.1, 0.15) is 0 Å². The van der Waals surface area contributed by atoms with Gasteiger partial charge in [-0.3, -0.25) is 0 Å². The summed E-state index contributed by atoms with van der Waals surface area (Å²) in [6, 6.07) is 0. The van der Waals surface area contributed by atoms with Crippen LogP contribution in [-0.2, 0) is 4.65 Å². The van der Waals surface area contributed by atoms with Crippen molar-refractivity contribution in [2.24, 2.45) is 0 Å². The van der Waals surface area contributed by atoms with E-state index in [4.69, 9.17) is 4.65 Å². The lowest BCUT2D eigenvalue weighted by Crippen LogP contribution is -2.21. The molecule has 0 aromatic carbocycles. The van der Waals surface area contributed by atoms with E-state index in [0.717, 1.165) is 6.54 Å². The number of hydrogen-bond donors (Lipinski definition) is 1. The molecule has 0 saturated heterocycles. The molecule has 0 rings (SSSR count). The highest BCUT2D eigenvalue weighted by molar-refractivity contribution is 6.23. The molecule has 0 unspecified atom stereocenters. The maximum atomic E-state index is 4.78. The van der Waals surface area contributed by atoms with Crippen LogP contribution in [0.1, 0.15) is 58.3 Å². The van der Waals surface area contributed by atoms with E-state index < -0.39 is 0 Å². The topological polar surface area (TPSA) is 21.3 Å². The summed E-state index contributed by atoms with van der Waals surface area (Å²) < 4.78 is 4.78. The van der Waals surface area contributed by atoms with E-state index >= 15 is 0 Å². The average molecular weight is 198 g/mol. The zero-order chi connectivity index (χ0) is 10.5. The fraction of sp³-hybridized carbons (Fsp3) is 1.00. The molecule has 2 nitrogen and oxygen atoms in total. The third kappa shape index (κ3) is 12.0. The lowest BCUT2D eigenvalue weighted by atomic mass is 10.1. The number of hydrogen-bond acceptors (Lipinski definition) is 2. The highest BCUT2D eigenvalue weighted by Gasteiger charge is 1.92. The van der Waals surface area contributed by atoms with Crippen LogP contribution in [0.25, 0.3) is 0 Å². The maximum Gasteiger partial charge on any atom is 0.395 e. The van der Waals surface area contributed by atoms with Gasteiger partial charge in [-0.05, 0) is 13.0 Å². The fourth-order valence-electron chi connectivity index (χ4n) is 1.50. The highest BCUT2D eigenvalue weighted by atomic mass is 16.4. The van der Waals surface area contributed by atoms with E-state index in [2.05, 4.69) is 12.2 Å². The van der Waals surface area contributed by atoms with E-state index in [1.165, 1.54) is 51.4 Å². The van der Waals surface area contributed by atoms with Gasteiger partial charge in [-0.1, -0.05) is 51.9 Å². The first-order valence-corrected chi connectivity index (χ1v) is 5.99. The van der Waals surface area contributed by atoms with Crippen molar-refractivity contribution >= 4 is 7.62 Å². The Kier molecular flexibility index (Phi) is 13.0. The normalized spacial score (nSPS) is 10.4. The summed E-state index contributed by atoms with van der Waals surface area (Å²) in [6.07, 6.45) is 11.0. The van der Waals surface area contributed by atoms with Crippen LogP contribution in [0.15, 0.2) is 0 Å². The summed E-state index contributed by atoms with van der Waals surface area (Å²) in [5, 5.41) is 3.10. The minimum absolute atomic E-state index is 1.04. The largest absolute Gasteiger partial charge is 0.427 e. The van der Waals surface area contributed by atoms with Gasteiger partial charge in [0.05, 0.1) is 0 Å². The molecule has 83 valence electrons. The third-order valence-corrected chi connectivity index (χ3v) is 2.38. The fourth-order valence-corrected chi connectivity index (χ4v) is 1.50. The minimum atomic E-state index is 1.04. The maximum absolute atomic E-state index is 4.78. The van der Waals surface area contributed by atoms with Crippen LogP contribution in [0.3, 0.4) is 0 Å². The van der Waals surface area contributed by atoms with Gasteiger partial charge in [0.25, 0.3) is 0 Å². The van der Waals surface area contributed by atoms with Gasteiger partial charge >= 0.3 is 7.62 Å². The molecule has 0 bridgehead atoms. The van der Waals surface area contributed by atoms with Crippen LogP contribution in [0.4, 0.5) is 0 Å². The molecule has 0 atom stereocenters. The van der Waals surface area contributed by atoms with Crippen LogP contribution in [0.5, 0.6) is 0 Å². The number of nitrogens with one attached hydrogen (secondary N) is 1. The first-order valence-electron chi connectivity index (χ1n) is 5.99. The first-order chi connectivity index (χ1) is 6.91. The van der Waals surface area contributed by atoms with Crippen molar-refractivity contribution in [1.82, 2.24) is 5.23 Å². The molecule has 0 aliphatic heterocycles. The predicted octanol–water partition coefficient (Wildman–Crippen LogP) is 2.90. The van der Waals surface area contributed by atoms with Crippen molar-refractivity contribution in [3.63, 3.8) is 0 Å². The predicted molar refractivity (Wildman–Crippen MR) is 63.4 cm³/mol. The SMILES string of the molecule is CCCCCCCCCCN[B]OC. The van der Waals surface area contributed by atoms with Gasteiger partial charge in [0, 0.05) is 7.11 Å². The van der Waals surface area contributed by atoms with Crippen LogP contribution < -0.4 is 5.23 Å². The van der Waals surface area contributed by atoms with E-state index in [9.17, 15) is 0 Å². The average Bonchev–Trinajstić information content (AvgIpc) is 2.21. The van der Waals surface area contributed by atoms with E-state index in [1.54, 1.807) is 14.7 Å². The van der Waals surface area contributed by atoms with Gasteiger partial charge in [-0.25, -0.2) is 0 Å². The third-order valence-electron chi connectivity index (χ3n) is 2.38. The molecule has 0 spiro atoms. The Balaban J connectivity index is 2.78. The monoisotopic (exact) mass is 198 g/mol. The minimum Gasteiger partial charge on any atom is -0.427 e. The van der Waals surface area contributed by atoms with Gasteiger partial charge in [0.15, 0.2) is 0 Å². The molecule has 3 heteroatoms. The van der Waals surface area contributed by atoms with E-state index in [1.807, 2.05) is 0 Å². The standard InChI is InChI=1S/C11H25BNO/c1-3-4-5-6-7-8-9-10-11-13-12-14-2/h13H,3-11H2,1-2H3. The molecular weight excluding hydrogens is 173 g/mol. The first kappa shape index (κ1) is 14.0. The molecule has 1 radical (unpaired) electrons. The molecule has 0 amide bonds. The quantitative estimate of drug-likeness (QED) is 0.407. The Morgan fingerprint density at radius 2 is 1.50 bits per heavy atom. The molecular formula is C11H25BNO. The van der Waals surface area contributed by atoms with Gasteiger partial charge in [-0.2, -0.15) is 0 Å². The second-order valence-electron chi connectivity index (χ2n) is 3.78. The van der Waals surface area contributed by atoms with Crippen LogP contribution in [-0.4, -0.2) is 21.3 Å². The van der Waals surface area contributed by atoms with E-state index in [0.29, 0.717) is 0 Å². The highest BCUT2D eigenvalue weighted by Crippen LogP contribution is 2.07. The molecule has 0 aliphatic rings. The lowest BCUT2D eigenvalue weighted by molar-refractivity contribution is 0.429. The van der Waals surface area contributed by atoms with Crippen molar-refractivity contribution < 1.29 is 4.65 Å². The van der Waals surface area contributed by atoms with Crippen molar-refractivity contribution in [3.8, 4) is 0 Å². The molecule has 0 fully saturated rings.